The lowest BCUT2D eigenvalue weighted by Gasteiger charge is -2.10. The summed E-state index contributed by atoms with van der Waals surface area (Å²) < 4.78 is 4.27. The molecule has 0 aliphatic carbocycles. The van der Waals surface area contributed by atoms with Gasteiger partial charge in [-0.2, -0.15) is 0 Å². The van der Waals surface area contributed by atoms with E-state index in [0.717, 1.165) is 35.6 Å². The van der Waals surface area contributed by atoms with E-state index in [1.54, 1.807) is 0 Å². The predicted octanol–water partition coefficient (Wildman–Crippen LogP) is 3.62. The van der Waals surface area contributed by atoms with Gasteiger partial charge < -0.3 is 9.13 Å². The van der Waals surface area contributed by atoms with Gasteiger partial charge in [-0.1, -0.05) is 12.1 Å². The van der Waals surface area contributed by atoms with Gasteiger partial charge in [0.05, 0.1) is 16.4 Å². The zero-order valence-electron chi connectivity index (χ0n) is 12.5. The molecule has 1 atom stereocenters. The molecule has 0 fully saturated rings. The number of alkyl halides is 1. The Kier molecular flexibility index (Phi) is 3.72. The Labute approximate surface area is 129 Å². The lowest BCUT2D eigenvalue weighted by molar-refractivity contribution is 0.634. The summed E-state index contributed by atoms with van der Waals surface area (Å²) in [6, 6.07) is 6.26. The number of imidazole rings is 2. The molecule has 0 N–H and O–H groups in total. The van der Waals surface area contributed by atoms with Gasteiger partial charge in [0.1, 0.15) is 11.6 Å². The van der Waals surface area contributed by atoms with E-state index in [9.17, 15) is 0 Å². The Bertz CT molecular complexity index is 770. The molecule has 4 nitrogen and oxygen atoms in total. The van der Waals surface area contributed by atoms with Gasteiger partial charge >= 0.3 is 0 Å². The molecule has 2 heterocycles. The second-order valence-electron chi connectivity index (χ2n) is 5.38. The number of hydrogen-bond donors (Lipinski definition) is 0. The van der Waals surface area contributed by atoms with Crippen molar-refractivity contribution in [3.05, 3.63) is 47.8 Å². The van der Waals surface area contributed by atoms with E-state index < -0.39 is 0 Å². The Morgan fingerprint density at radius 2 is 2.14 bits per heavy atom. The van der Waals surface area contributed by atoms with Gasteiger partial charge in [-0.3, -0.25) is 0 Å². The smallest absolute Gasteiger partial charge is 0.127 e. The number of fused-ring (bicyclic) bond motifs is 1. The lowest BCUT2D eigenvalue weighted by Crippen LogP contribution is -2.09. The summed E-state index contributed by atoms with van der Waals surface area (Å²) in [6.45, 7) is 4.88. The second kappa shape index (κ2) is 5.53. The monoisotopic (exact) mass is 302 g/mol. The average molecular weight is 303 g/mol. The zero-order chi connectivity index (χ0) is 15.0. The van der Waals surface area contributed by atoms with Crippen molar-refractivity contribution in [2.45, 2.75) is 32.2 Å². The molecule has 1 aromatic carbocycles. The Morgan fingerprint density at radius 1 is 1.33 bits per heavy atom. The average Bonchev–Trinajstić information content (AvgIpc) is 3.01. The molecule has 0 saturated heterocycles. The molecule has 21 heavy (non-hydrogen) atoms. The predicted molar refractivity (Wildman–Crippen MR) is 85.7 cm³/mol. The summed E-state index contributed by atoms with van der Waals surface area (Å²) in [6.07, 6.45) is 4.66. The van der Waals surface area contributed by atoms with Crippen LogP contribution in [0.3, 0.4) is 0 Å². The van der Waals surface area contributed by atoms with Crippen molar-refractivity contribution in [1.82, 2.24) is 19.1 Å². The van der Waals surface area contributed by atoms with Gasteiger partial charge in [-0.15, -0.1) is 11.6 Å². The van der Waals surface area contributed by atoms with Crippen LogP contribution in [0.25, 0.3) is 11.0 Å². The van der Waals surface area contributed by atoms with E-state index in [-0.39, 0.29) is 5.38 Å². The molecule has 0 bridgehead atoms. The maximum Gasteiger partial charge on any atom is 0.127 e. The fourth-order valence-electron chi connectivity index (χ4n) is 2.69. The Balaban J connectivity index is 2.01. The highest BCUT2D eigenvalue weighted by atomic mass is 35.5. The van der Waals surface area contributed by atoms with Crippen molar-refractivity contribution in [2.75, 3.05) is 0 Å². The highest BCUT2D eigenvalue weighted by Crippen LogP contribution is 2.26. The number of aromatic nitrogens is 4. The molecule has 0 aliphatic heterocycles. The first-order valence-electron chi connectivity index (χ1n) is 7.14. The van der Waals surface area contributed by atoms with Crippen LogP contribution in [-0.2, 0) is 20.0 Å². The molecular formula is C16H19ClN4. The Morgan fingerprint density at radius 3 is 2.81 bits per heavy atom. The van der Waals surface area contributed by atoms with Gasteiger partial charge in [0.2, 0.25) is 0 Å². The molecule has 0 spiro atoms. The third-order valence-corrected chi connectivity index (χ3v) is 4.04. The normalized spacial score (nSPS) is 13.0. The van der Waals surface area contributed by atoms with Crippen molar-refractivity contribution in [3.63, 3.8) is 0 Å². The molecule has 1 unspecified atom stereocenters. The summed E-state index contributed by atoms with van der Waals surface area (Å²) in [4.78, 5) is 9.12. The summed E-state index contributed by atoms with van der Waals surface area (Å²) in [7, 11) is 2.02. The van der Waals surface area contributed by atoms with E-state index in [0.29, 0.717) is 0 Å². The van der Waals surface area contributed by atoms with Gasteiger partial charge in [0, 0.05) is 32.4 Å². The minimum Gasteiger partial charge on any atom is -0.338 e. The van der Waals surface area contributed by atoms with Crippen LogP contribution in [0.5, 0.6) is 0 Å². The van der Waals surface area contributed by atoms with Crippen LogP contribution in [0, 0.1) is 6.92 Å². The van der Waals surface area contributed by atoms with Crippen LogP contribution in [0.4, 0.5) is 0 Å². The molecular weight excluding hydrogens is 284 g/mol. The molecule has 110 valence electrons. The van der Waals surface area contributed by atoms with Crippen LogP contribution in [0.1, 0.15) is 29.5 Å². The van der Waals surface area contributed by atoms with Crippen LogP contribution in [0.2, 0.25) is 0 Å². The number of benzene rings is 1. The maximum atomic E-state index is 6.32. The summed E-state index contributed by atoms with van der Waals surface area (Å²) >= 11 is 6.32. The van der Waals surface area contributed by atoms with E-state index >= 15 is 0 Å². The molecule has 0 radical (unpaired) electrons. The SMILES string of the molecule is Cc1cccc2c1nc(C(C)Cl)n2CCc1nccn1C. The minimum atomic E-state index is -0.113. The lowest BCUT2D eigenvalue weighted by atomic mass is 10.2. The van der Waals surface area contributed by atoms with Gasteiger partial charge in [-0.25, -0.2) is 9.97 Å². The summed E-state index contributed by atoms with van der Waals surface area (Å²) in [5.41, 5.74) is 3.37. The third-order valence-electron chi connectivity index (χ3n) is 3.85. The van der Waals surface area contributed by atoms with Crippen molar-refractivity contribution >= 4 is 22.6 Å². The van der Waals surface area contributed by atoms with Crippen molar-refractivity contribution in [2.24, 2.45) is 7.05 Å². The zero-order valence-corrected chi connectivity index (χ0v) is 13.3. The fourth-order valence-corrected chi connectivity index (χ4v) is 2.86. The second-order valence-corrected chi connectivity index (χ2v) is 6.04. The van der Waals surface area contributed by atoms with Crippen molar-refractivity contribution < 1.29 is 0 Å². The highest BCUT2D eigenvalue weighted by Gasteiger charge is 2.16. The summed E-state index contributed by atoms with van der Waals surface area (Å²) in [5.74, 6) is 1.99. The first kappa shape index (κ1) is 14.1. The largest absolute Gasteiger partial charge is 0.338 e. The number of halogens is 1. The van der Waals surface area contributed by atoms with Gasteiger partial charge in [-0.05, 0) is 25.5 Å². The van der Waals surface area contributed by atoms with Crippen LogP contribution in [0.15, 0.2) is 30.6 Å². The number of aryl methyl sites for hydroxylation is 4. The number of rotatable bonds is 4. The molecule has 0 saturated carbocycles. The van der Waals surface area contributed by atoms with Crippen LogP contribution >= 0.6 is 11.6 Å². The third kappa shape index (κ3) is 2.56. The first-order chi connectivity index (χ1) is 10.1. The number of para-hydroxylation sites is 1. The molecule has 3 aromatic rings. The number of hydrogen-bond acceptors (Lipinski definition) is 2. The van der Waals surface area contributed by atoms with E-state index in [4.69, 9.17) is 16.6 Å². The standard InChI is InChI=1S/C16H19ClN4/c1-11-5-4-6-13-15(11)19-16(12(2)17)21(13)9-7-14-18-8-10-20(14)3/h4-6,8,10,12H,7,9H2,1-3H3. The van der Waals surface area contributed by atoms with Gasteiger partial charge in [0.25, 0.3) is 0 Å². The van der Waals surface area contributed by atoms with Crippen LogP contribution in [-0.4, -0.2) is 19.1 Å². The quantitative estimate of drug-likeness (QED) is 0.690. The van der Waals surface area contributed by atoms with Gasteiger partial charge in [0.15, 0.2) is 0 Å². The topological polar surface area (TPSA) is 35.6 Å². The van der Waals surface area contributed by atoms with E-state index in [1.165, 1.54) is 5.56 Å². The molecule has 0 aliphatic rings. The molecule has 0 amide bonds. The molecule has 5 heteroatoms. The van der Waals surface area contributed by atoms with Crippen LogP contribution < -0.4 is 0 Å². The Hall–Kier alpha value is -1.81. The van der Waals surface area contributed by atoms with E-state index in [2.05, 4.69) is 34.7 Å². The minimum absolute atomic E-state index is 0.113. The fraction of sp³-hybridized carbons (Fsp3) is 0.375. The molecule has 3 rings (SSSR count). The van der Waals surface area contributed by atoms with Crippen molar-refractivity contribution in [3.8, 4) is 0 Å². The summed E-state index contributed by atoms with van der Waals surface area (Å²) in [5, 5.41) is -0.113. The van der Waals surface area contributed by atoms with E-state index in [1.807, 2.05) is 30.9 Å². The molecule has 2 aromatic heterocycles. The highest BCUT2D eigenvalue weighted by molar-refractivity contribution is 6.20. The maximum absolute atomic E-state index is 6.32. The van der Waals surface area contributed by atoms with Crippen molar-refractivity contribution in [1.29, 1.82) is 0 Å². The first-order valence-corrected chi connectivity index (χ1v) is 7.57. The number of nitrogens with zero attached hydrogens (tertiary/aromatic N) is 4.